The van der Waals surface area contributed by atoms with Crippen molar-refractivity contribution in [3.8, 4) is 17.0 Å². The first-order valence-electron chi connectivity index (χ1n) is 6.16. The second-order valence-corrected chi connectivity index (χ2v) is 4.60. The van der Waals surface area contributed by atoms with Crippen molar-refractivity contribution < 1.29 is 18.3 Å². The van der Waals surface area contributed by atoms with Gasteiger partial charge in [0.2, 0.25) is 5.88 Å². The van der Waals surface area contributed by atoms with Crippen LogP contribution >= 0.6 is 0 Å². The molecular formula is C13H9F3N4O2. The van der Waals surface area contributed by atoms with Gasteiger partial charge in [-0.25, -0.2) is 0 Å². The summed E-state index contributed by atoms with van der Waals surface area (Å²) in [4.78, 5) is 18.0. The molecule has 9 heteroatoms. The molecule has 0 aromatic carbocycles. The molecule has 3 rings (SSSR count). The van der Waals surface area contributed by atoms with Crippen LogP contribution in [-0.4, -0.2) is 30.9 Å². The Hall–Kier alpha value is -2.84. The molecule has 3 heterocycles. The van der Waals surface area contributed by atoms with E-state index < -0.39 is 29.6 Å². The van der Waals surface area contributed by atoms with Crippen molar-refractivity contribution in [1.29, 1.82) is 0 Å². The van der Waals surface area contributed by atoms with Crippen LogP contribution in [0.25, 0.3) is 16.8 Å². The Morgan fingerprint density at radius 3 is 2.59 bits per heavy atom. The Kier molecular flexibility index (Phi) is 3.12. The number of aromatic nitrogens is 4. The first kappa shape index (κ1) is 14.1. The van der Waals surface area contributed by atoms with Crippen LogP contribution in [0.2, 0.25) is 0 Å². The molecule has 0 spiro atoms. The number of halogens is 3. The number of pyridine rings is 1. The van der Waals surface area contributed by atoms with Crippen LogP contribution in [0, 0.1) is 0 Å². The number of alkyl halides is 3. The lowest BCUT2D eigenvalue weighted by Crippen LogP contribution is -2.22. The van der Waals surface area contributed by atoms with Crippen LogP contribution in [0.3, 0.4) is 0 Å². The van der Waals surface area contributed by atoms with Crippen LogP contribution in [-0.2, 0) is 6.42 Å². The third kappa shape index (κ3) is 2.41. The molecule has 0 aliphatic rings. The second kappa shape index (κ2) is 4.86. The minimum Gasteiger partial charge on any atom is -0.493 e. The van der Waals surface area contributed by atoms with Gasteiger partial charge >= 0.3 is 6.18 Å². The first-order chi connectivity index (χ1) is 10.4. The van der Waals surface area contributed by atoms with E-state index in [0.717, 1.165) is 4.52 Å². The molecular weight excluding hydrogens is 301 g/mol. The van der Waals surface area contributed by atoms with Gasteiger partial charge < -0.3 is 10.1 Å². The summed E-state index contributed by atoms with van der Waals surface area (Å²) in [6, 6.07) is 3.30. The normalized spacial score (nSPS) is 12.0. The van der Waals surface area contributed by atoms with Crippen molar-refractivity contribution in [2.75, 3.05) is 0 Å². The van der Waals surface area contributed by atoms with Crippen LogP contribution in [0.15, 0.2) is 35.5 Å². The predicted molar refractivity (Wildman–Crippen MR) is 70.5 cm³/mol. The Bertz CT molecular complexity index is 884. The maximum Gasteiger partial charge on any atom is 0.393 e. The molecule has 0 radical (unpaired) electrons. The Morgan fingerprint density at radius 2 is 1.95 bits per heavy atom. The molecule has 0 amide bonds. The monoisotopic (exact) mass is 310 g/mol. The van der Waals surface area contributed by atoms with Crippen LogP contribution in [0.5, 0.6) is 5.88 Å². The first-order valence-corrected chi connectivity index (χ1v) is 6.16. The van der Waals surface area contributed by atoms with E-state index in [2.05, 4.69) is 15.1 Å². The molecule has 0 unspecified atom stereocenters. The number of aromatic hydroxyl groups is 1. The summed E-state index contributed by atoms with van der Waals surface area (Å²) in [5.74, 6) is -0.823. The van der Waals surface area contributed by atoms with Gasteiger partial charge in [-0.15, -0.1) is 0 Å². The van der Waals surface area contributed by atoms with Crippen LogP contribution in [0.1, 0.15) is 5.56 Å². The van der Waals surface area contributed by atoms with E-state index in [1.807, 2.05) is 0 Å². The highest BCUT2D eigenvalue weighted by molar-refractivity contribution is 5.77. The van der Waals surface area contributed by atoms with Crippen molar-refractivity contribution in [2.24, 2.45) is 0 Å². The molecule has 3 aromatic heterocycles. The lowest BCUT2D eigenvalue weighted by molar-refractivity contribution is -0.127. The average Bonchev–Trinajstić information content (AvgIpc) is 2.87. The smallest absolute Gasteiger partial charge is 0.393 e. The van der Waals surface area contributed by atoms with Crippen molar-refractivity contribution in [1.82, 2.24) is 19.6 Å². The lowest BCUT2D eigenvalue weighted by Gasteiger charge is -2.08. The van der Waals surface area contributed by atoms with E-state index in [9.17, 15) is 23.1 Å². The van der Waals surface area contributed by atoms with E-state index in [0.29, 0.717) is 11.1 Å². The van der Waals surface area contributed by atoms with Gasteiger partial charge in [0.1, 0.15) is 5.65 Å². The highest BCUT2D eigenvalue weighted by Crippen LogP contribution is 2.28. The summed E-state index contributed by atoms with van der Waals surface area (Å²) in [5, 5.41) is 13.8. The van der Waals surface area contributed by atoms with E-state index in [4.69, 9.17) is 0 Å². The number of nitrogens with zero attached hydrogens (tertiary/aromatic N) is 3. The Balaban J connectivity index is 2.21. The molecule has 6 nitrogen and oxygen atoms in total. The standard InChI is InChI=1S/C13H9F3N4O2/c14-13(15,16)5-8-11(21)19-10-9(6-18-20(10)12(8)22)7-1-3-17-4-2-7/h1-4,6,22H,5H2,(H,19,21). The number of nitrogens with one attached hydrogen (secondary N) is 1. The fourth-order valence-corrected chi connectivity index (χ4v) is 2.14. The zero-order valence-corrected chi connectivity index (χ0v) is 10.9. The quantitative estimate of drug-likeness (QED) is 0.757. The molecule has 22 heavy (non-hydrogen) atoms. The minimum absolute atomic E-state index is 0.111. The van der Waals surface area contributed by atoms with Crippen molar-refractivity contribution in [2.45, 2.75) is 12.6 Å². The maximum atomic E-state index is 12.5. The molecule has 0 aliphatic heterocycles. The molecule has 0 atom stereocenters. The predicted octanol–water partition coefficient (Wildman–Crippen LogP) is 1.89. The van der Waals surface area contributed by atoms with Gasteiger partial charge in [-0.05, 0) is 17.7 Å². The number of H-pyrrole nitrogens is 1. The van der Waals surface area contributed by atoms with E-state index in [1.54, 1.807) is 12.1 Å². The van der Waals surface area contributed by atoms with Gasteiger partial charge in [-0.1, -0.05) is 0 Å². The number of fused-ring (bicyclic) bond motifs is 1. The van der Waals surface area contributed by atoms with Gasteiger partial charge in [0, 0.05) is 18.0 Å². The zero-order chi connectivity index (χ0) is 15.9. The molecule has 0 aliphatic carbocycles. The summed E-state index contributed by atoms with van der Waals surface area (Å²) >= 11 is 0. The molecule has 0 saturated carbocycles. The summed E-state index contributed by atoms with van der Waals surface area (Å²) in [7, 11) is 0. The van der Waals surface area contributed by atoms with Crippen molar-refractivity contribution in [3.63, 3.8) is 0 Å². The van der Waals surface area contributed by atoms with Gasteiger partial charge in [-0.2, -0.15) is 22.8 Å². The largest absolute Gasteiger partial charge is 0.493 e. The fraction of sp³-hybridized carbons (Fsp3) is 0.154. The summed E-state index contributed by atoms with van der Waals surface area (Å²) in [6.07, 6.45) is -1.75. The van der Waals surface area contributed by atoms with Crippen molar-refractivity contribution in [3.05, 3.63) is 46.6 Å². The molecule has 114 valence electrons. The lowest BCUT2D eigenvalue weighted by atomic mass is 10.1. The fourth-order valence-electron chi connectivity index (χ4n) is 2.14. The van der Waals surface area contributed by atoms with E-state index >= 15 is 0 Å². The summed E-state index contributed by atoms with van der Waals surface area (Å²) in [6.45, 7) is 0. The number of rotatable bonds is 2. The maximum absolute atomic E-state index is 12.5. The highest BCUT2D eigenvalue weighted by atomic mass is 19.4. The van der Waals surface area contributed by atoms with Crippen molar-refractivity contribution >= 4 is 5.65 Å². The summed E-state index contributed by atoms with van der Waals surface area (Å²) < 4.78 is 38.3. The topological polar surface area (TPSA) is 83.3 Å². The molecule has 3 aromatic rings. The molecule has 0 saturated heterocycles. The average molecular weight is 310 g/mol. The van der Waals surface area contributed by atoms with Gasteiger partial charge in [-0.3, -0.25) is 9.78 Å². The Labute approximate surface area is 120 Å². The van der Waals surface area contributed by atoms with E-state index in [-0.39, 0.29) is 5.65 Å². The number of hydrogen-bond donors (Lipinski definition) is 2. The van der Waals surface area contributed by atoms with Gasteiger partial charge in [0.05, 0.1) is 18.2 Å². The minimum atomic E-state index is -4.61. The third-order valence-electron chi connectivity index (χ3n) is 3.11. The zero-order valence-electron chi connectivity index (χ0n) is 10.9. The van der Waals surface area contributed by atoms with Crippen LogP contribution in [0.4, 0.5) is 13.2 Å². The van der Waals surface area contributed by atoms with E-state index in [1.165, 1.54) is 18.6 Å². The Morgan fingerprint density at radius 1 is 1.27 bits per heavy atom. The second-order valence-electron chi connectivity index (χ2n) is 4.60. The summed E-state index contributed by atoms with van der Waals surface area (Å²) in [5.41, 5.74) is -0.542. The van der Waals surface area contributed by atoms with Gasteiger partial charge in [0.15, 0.2) is 0 Å². The molecule has 0 bridgehead atoms. The van der Waals surface area contributed by atoms with Crippen LogP contribution < -0.4 is 5.56 Å². The third-order valence-corrected chi connectivity index (χ3v) is 3.11. The number of aromatic amines is 1. The molecule has 2 N–H and O–H groups in total. The molecule has 0 fully saturated rings. The highest BCUT2D eigenvalue weighted by Gasteiger charge is 2.32. The number of hydrogen-bond acceptors (Lipinski definition) is 4. The van der Waals surface area contributed by atoms with Gasteiger partial charge in [0.25, 0.3) is 5.56 Å². The SMILES string of the molecule is O=c1[nH]c2c(-c3ccncc3)cnn2c(O)c1CC(F)(F)F.